The van der Waals surface area contributed by atoms with E-state index in [1.54, 1.807) is 57.2 Å². The number of carbonyl (C=O) groups is 3. The second-order valence-corrected chi connectivity index (χ2v) is 6.91. The number of aryl methyl sites for hydroxylation is 1. The molecule has 0 aliphatic heterocycles. The number of carbonyl (C=O) groups excluding carboxylic acids is 3. The zero-order valence-corrected chi connectivity index (χ0v) is 17.8. The van der Waals surface area contributed by atoms with Gasteiger partial charge in [0.1, 0.15) is 12.4 Å². The van der Waals surface area contributed by atoms with Crippen molar-refractivity contribution in [3.8, 4) is 0 Å². The van der Waals surface area contributed by atoms with Gasteiger partial charge in [-0.15, -0.1) is 5.10 Å². The number of ether oxygens (including phenoxy) is 1. The highest BCUT2D eigenvalue weighted by Crippen LogP contribution is 2.17. The van der Waals surface area contributed by atoms with Gasteiger partial charge in [0, 0.05) is 5.69 Å². The maximum absolute atomic E-state index is 13.7. The Morgan fingerprint density at radius 2 is 1.84 bits per heavy atom. The summed E-state index contributed by atoms with van der Waals surface area (Å²) in [6, 6.07) is 10.8. The third kappa shape index (κ3) is 5.15. The zero-order valence-electron chi connectivity index (χ0n) is 17.8. The zero-order chi connectivity index (χ0) is 23.3. The Bertz CT molecular complexity index is 1170. The van der Waals surface area contributed by atoms with Crippen LogP contribution in [-0.4, -0.2) is 39.4 Å². The van der Waals surface area contributed by atoms with Gasteiger partial charge >= 0.3 is 5.97 Å². The molecular weight excluding hydrogens is 417 g/mol. The van der Waals surface area contributed by atoms with Crippen molar-refractivity contribution in [2.45, 2.75) is 27.3 Å². The number of amides is 2. The first kappa shape index (κ1) is 22.6. The molecule has 0 aliphatic rings. The lowest BCUT2D eigenvalue weighted by Gasteiger charge is -2.10. The number of nitrogens with zero attached hydrogens (tertiary/aromatic N) is 3. The molecule has 3 aromatic rings. The summed E-state index contributed by atoms with van der Waals surface area (Å²) in [5, 5.41) is 12.9. The van der Waals surface area contributed by atoms with E-state index in [-0.39, 0.29) is 30.1 Å². The summed E-state index contributed by atoms with van der Waals surface area (Å²) in [6.07, 6.45) is 0. The van der Waals surface area contributed by atoms with Gasteiger partial charge in [0.05, 0.1) is 23.6 Å². The second-order valence-electron chi connectivity index (χ2n) is 6.91. The Morgan fingerprint density at radius 3 is 2.56 bits per heavy atom. The molecular formula is C22H22FN5O4. The summed E-state index contributed by atoms with van der Waals surface area (Å²) in [6.45, 7) is 4.87. The minimum absolute atomic E-state index is 0.00528. The van der Waals surface area contributed by atoms with E-state index in [0.717, 1.165) is 0 Å². The summed E-state index contributed by atoms with van der Waals surface area (Å²) in [5.41, 5.74) is 1.62. The average Bonchev–Trinajstić information content (AvgIpc) is 3.11. The molecule has 0 aliphatic carbocycles. The molecule has 0 atom stereocenters. The van der Waals surface area contributed by atoms with Gasteiger partial charge in [-0.05, 0) is 50.6 Å². The van der Waals surface area contributed by atoms with Gasteiger partial charge in [0.25, 0.3) is 5.91 Å². The van der Waals surface area contributed by atoms with Gasteiger partial charge in [0.2, 0.25) is 5.91 Å². The number of anilines is 2. The number of hydrogen-bond acceptors (Lipinski definition) is 6. The van der Waals surface area contributed by atoms with E-state index in [1.807, 2.05) is 0 Å². The molecule has 2 amide bonds. The Labute approximate surface area is 183 Å². The molecule has 32 heavy (non-hydrogen) atoms. The molecule has 1 heterocycles. The quantitative estimate of drug-likeness (QED) is 0.547. The van der Waals surface area contributed by atoms with Crippen LogP contribution in [0.3, 0.4) is 0 Å². The van der Waals surface area contributed by atoms with Crippen molar-refractivity contribution in [1.82, 2.24) is 15.0 Å². The van der Waals surface area contributed by atoms with Crippen LogP contribution in [0.2, 0.25) is 0 Å². The predicted molar refractivity (Wildman–Crippen MR) is 115 cm³/mol. The van der Waals surface area contributed by atoms with Gasteiger partial charge in [-0.25, -0.2) is 13.9 Å². The van der Waals surface area contributed by atoms with Crippen molar-refractivity contribution >= 4 is 29.2 Å². The van der Waals surface area contributed by atoms with Crippen molar-refractivity contribution in [3.05, 3.63) is 70.8 Å². The first-order valence-corrected chi connectivity index (χ1v) is 9.83. The van der Waals surface area contributed by atoms with Crippen LogP contribution < -0.4 is 10.6 Å². The summed E-state index contributed by atoms with van der Waals surface area (Å²) in [4.78, 5) is 37.1. The molecule has 2 aromatic carbocycles. The summed E-state index contributed by atoms with van der Waals surface area (Å²) in [7, 11) is 0. The first-order chi connectivity index (χ1) is 15.3. The number of benzene rings is 2. The highest BCUT2D eigenvalue weighted by molar-refractivity contribution is 6.04. The lowest BCUT2D eigenvalue weighted by Crippen LogP contribution is -2.22. The van der Waals surface area contributed by atoms with Crippen molar-refractivity contribution in [1.29, 1.82) is 0 Å². The molecule has 1 aromatic heterocycles. The predicted octanol–water partition coefficient (Wildman–Crippen LogP) is 3.10. The summed E-state index contributed by atoms with van der Waals surface area (Å²) >= 11 is 0. The van der Waals surface area contributed by atoms with E-state index in [1.165, 1.54) is 10.7 Å². The van der Waals surface area contributed by atoms with Gasteiger partial charge in [-0.3, -0.25) is 9.59 Å². The van der Waals surface area contributed by atoms with Crippen LogP contribution in [0.15, 0.2) is 42.5 Å². The summed E-state index contributed by atoms with van der Waals surface area (Å²) in [5.74, 6) is -2.04. The van der Waals surface area contributed by atoms with Crippen LogP contribution in [0.1, 0.15) is 39.0 Å². The SMILES string of the molecule is CCOC(=O)c1ccccc1NC(=O)Cn1nnc(C(=O)Nc2ccc(C)c(F)c2)c1C. The highest BCUT2D eigenvalue weighted by Gasteiger charge is 2.19. The molecule has 0 unspecified atom stereocenters. The lowest BCUT2D eigenvalue weighted by atomic mass is 10.2. The Kier molecular flexibility index (Phi) is 6.93. The van der Waals surface area contributed by atoms with Crippen LogP contribution in [0.4, 0.5) is 15.8 Å². The molecule has 9 nitrogen and oxygen atoms in total. The van der Waals surface area contributed by atoms with E-state index in [2.05, 4.69) is 20.9 Å². The maximum atomic E-state index is 13.7. The summed E-state index contributed by atoms with van der Waals surface area (Å²) < 4.78 is 20.0. The third-order valence-electron chi connectivity index (χ3n) is 4.62. The monoisotopic (exact) mass is 439 g/mol. The number of hydrogen-bond donors (Lipinski definition) is 2. The van der Waals surface area contributed by atoms with Crippen LogP contribution in [0.5, 0.6) is 0 Å². The number of rotatable bonds is 7. The number of nitrogens with one attached hydrogen (secondary N) is 2. The van der Waals surface area contributed by atoms with Crippen LogP contribution >= 0.6 is 0 Å². The maximum Gasteiger partial charge on any atom is 0.340 e. The average molecular weight is 439 g/mol. The van der Waals surface area contributed by atoms with E-state index in [4.69, 9.17) is 4.74 Å². The van der Waals surface area contributed by atoms with E-state index in [0.29, 0.717) is 16.9 Å². The fourth-order valence-electron chi connectivity index (χ4n) is 2.89. The Balaban J connectivity index is 1.69. The fraction of sp³-hybridized carbons (Fsp3) is 0.227. The molecule has 0 fully saturated rings. The van der Waals surface area contributed by atoms with Crippen LogP contribution in [-0.2, 0) is 16.1 Å². The molecule has 0 bridgehead atoms. The van der Waals surface area contributed by atoms with Crippen molar-refractivity contribution in [3.63, 3.8) is 0 Å². The molecule has 0 spiro atoms. The molecule has 10 heteroatoms. The van der Waals surface area contributed by atoms with Gasteiger partial charge in [-0.2, -0.15) is 0 Å². The minimum atomic E-state index is -0.579. The fourth-order valence-corrected chi connectivity index (χ4v) is 2.89. The Hall–Kier alpha value is -4.08. The van der Waals surface area contributed by atoms with Gasteiger partial charge in [0.15, 0.2) is 5.69 Å². The molecule has 0 saturated heterocycles. The second kappa shape index (κ2) is 9.82. The van der Waals surface area contributed by atoms with E-state index in [9.17, 15) is 18.8 Å². The number of para-hydroxylation sites is 1. The van der Waals surface area contributed by atoms with E-state index >= 15 is 0 Å². The topological polar surface area (TPSA) is 115 Å². The Morgan fingerprint density at radius 1 is 1.09 bits per heavy atom. The van der Waals surface area contributed by atoms with Crippen molar-refractivity contribution < 1.29 is 23.5 Å². The minimum Gasteiger partial charge on any atom is -0.462 e. The number of esters is 1. The number of aromatic nitrogens is 3. The normalized spacial score (nSPS) is 10.5. The molecule has 3 rings (SSSR count). The highest BCUT2D eigenvalue weighted by atomic mass is 19.1. The van der Waals surface area contributed by atoms with Crippen LogP contribution in [0, 0.1) is 19.7 Å². The first-order valence-electron chi connectivity index (χ1n) is 9.83. The molecule has 166 valence electrons. The van der Waals surface area contributed by atoms with Crippen molar-refractivity contribution in [2.75, 3.05) is 17.2 Å². The molecule has 2 N–H and O–H groups in total. The largest absolute Gasteiger partial charge is 0.462 e. The standard InChI is InChI=1S/C22H22FN5O4/c1-4-32-22(31)16-7-5-6-8-18(16)25-19(29)12-28-14(3)20(26-27-28)21(30)24-15-10-9-13(2)17(23)11-15/h5-11H,4,12H2,1-3H3,(H,24,30)(H,25,29). The van der Waals surface area contributed by atoms with Gasteiger partial charge in [-0.1, -0.05) is 23.4 Å². The van der Waals surface area contributed by atoms with Crippen molar-refractivity contribution in [2.24, 2.45) is 0 Å². The number of halogens is 1. The van der Waals surface area contributed by atoms with E-state index < -0.39 is 23.6 Å². The van der Waals surface area contributed by atoms with Gasteiger partial charge < -0.3 is 15.4 Å². The molecule has 0 saturated carbocycles. The van der Waals surface area contributed by atoms with Crippen LogP contribution in [0.25, 0.3) is 0 Å². The third-order valence-corrected chi connectivity index (χ3v) is 4.62. The smallest absolute Gasteiger partial charge is 0.340 e. The molecule has 0 radical (unpaired) electrons. The lowest BCUT2D eigenvalue weighted by molar-refractivity contribution is -0.117.